The van der Waals surface area contributed by atoms with Crippen LogP contribution in [-0.2, 0) is 16.2 Å². The number of hydrazone groups is 1. The highest BCUT2D eigenvalue weighted by Crippen LogP contribution is 2.16. The van der Waals surface area contributed by atoms with Crippen molar-refractivity contribution in [2.45, 2.75) is 13.5 Å². The number of amides is 2. The summed E-state index contributed by atoms with van der Waals surface area (Å²) in [5, 5.41) is 6.26. The first kappa shape index (κ1) is 22.5. The standard InChI is InChI=1S/C24H22FN3O4/c1-2-31-20-13-9-19(10-14-20)27-23(29)24(30)28-26-15-17-7-11-21(12-8-17)32-16-18-5-3-4-6-22(18)25/h3-15H,2,16H2,1H3,(H,27,29)(H,28,30)/b26-15+. The Kier molecular flexibility index (Phi) is 7.91. The first-order valence-electron chi connectivity index (χ1n) is 9.88. The second kappa shape index (κ2) is 11.3. The van der Waals surface area contributed by atoms with Crippen molar-refractivity contribution in [2.24, 2.45) is 5.10 Å². The summed E-state index contributed by atoms with van der Waals surface area (Å²) in [6.45, 7) is 2.52. The van der Waals surface area contributed by atoms with Crippen LogP contribution in [0.15, 0.2) is 77.9 Å². The van der Waals surface area contributed by atoms with Crippen molar-refractivity contribution in [1.29, 1.82) is 0 Å². The van der Waals surface area contributed by atoms with Gasteiger partial charge in [0.05, 0.1) is 12.8 Å². The van der Waals surface area contributed by atoms with E-state index in [1.807, 2.05) is 6.92 Å². The number of benzene rings is 3. The molecule has 0 fully saturated rings. The molecule has 2 amide bonds. The third-order valence-corrected chi connectivity index (χ3v) is 4.24. The van der Waals surface area contributed by atoms with E-state index in [4.69, 9.17) is 9.47 Å². The van der Waals surface area contributed by atoms with E-state index >= 15 is 0 Å². The van der Waals surface area contributed by atoms with Gasteiger partial charge in [-0.2, -0.15) is 5.10 Å². The zero-order valence-electron chi connectivity index (χ0n) is 17.4. The van der Waals surface area contributed by atoms with Gasteiger partial charge in [-0.25, -0.2) is 9.82 Å². The molecule has 164 valence electrons. The van der Waals surface area contributed by atoms with Crippen molar-refractivity contribution in [3.05, 3.63) is 89.7 Å². The number of carbonyl (C=O) groups excluding carboxylic acids is 2. The van der Waals surface area contributed by atoms with E-state index in [1.54, 1.807) is 66.7 Å². The molecular weight excluding hydrogens is 413 g/mol. The quantitative estimate of drug-likeness (QED) is 0.319. The molecular formula is C24H22FN3O4. The number of halogens is 1. The van der Waals surface area contributed by atoms with E-state index in [1.165, 1.54) is 12.3 Å². The molecule has 3 rings (SSSR count). The van der Waals surface area contributed by atoms with Gasteiger partial charge in [0.15, 0.2) is 0 Å². The number of hydrogen-bond donors (Lipinski definition) is 2. The topological polar surface area (TPSA) is 89.0 Å². The van der Waals surface area contributed by atoms with Gasteiger partial charge in [-0.05, 0) is 67.1 Å². The van der Waals surface area contributed by atoms with Gasteiger partial charge in [0.25, 0.3) is 0 Å². The second-order valence-corrected chi connectivity index (χ2v) is 6.56. The molecule has 8 heteroatoms. The Balaban J connectivity index is 1.45. The third kappa shape index (κ3) is 6.66. The molecule has 0 saturated carbocycles. The lowest BCUT2D eigenvalue weighted by Gasteiger charge is -2.07. The zero-order valence-corrected chi connectivity index (χ0v) is 17.4. The van der Waals surface area contributed by atoms with Gasteiger partial charge in [0.2, 0.25) is 0 Å². The number of carbonyl (C=O) groups is 2. The summed E-state index contributed by atoms with van der Waals surface area (Å²) in [5.74, 6) is -0.839. The van der Waals surface area contributed by atoms with Gasteiger partial charge in [-0.1, -0.05) is 18.2 Å². The number of nitrogens with zero attached hydrogens (tertiary/aromatic N) is 1. The van der Waals surface area contributed by atoms with Crippen LogP contribution in [0.25, 0.3) is 0 Å². The summed E-state index contributed by atoms with van der Waals surface area (Å²) in [7, 11) is 0. The molecule has 0 aliphatic heterocycles. The molecule has 3 aromatic carbocycles. The molecule has 0 atom stereocenters. The summed E-state index contributed by atoms with van der Waals surface area (Å²) in [4.78, 5) is 23.8. The van der Waals surface area contributed by atoms with E-state index < -0.39 is 11.8 Å². The van der Waals surface area contributed by atoms with E-state index in [0.29, 0.717) is 34.9 Å². The molecule has 0 aliphatic carbocycles. The van der Waals surface area contributed by atoms with E-state index in [-0.39, 0.29) is 12.4 Å². The maximum Gasteiger partial charge on any atom is 0.329 e. The number of anilines is 1. The fourth-order valence-electron chi connectivity index (χ4n) is 2.63. The maximum atomic E-state index is 13.6. The lowest BCUT2D eigenvalue weighted by molar-refractivity contribution is -0.136. The molecule has 7 nitrogen and oxygen atoms in total. The minimum atomic E-state index is -0.903. The van der Waals surface area contributed by atoms with Crippen LogP contribution >= 0.6 is 0 Å². The van der Waals surface area contributed by atoms with Crippen LogP contribution in [0.2, 0.25) is 0 Å². The van der Waals surface area contributed by atoms with Gasteiger partial charge in [-0.15, -0.1) is 0 Å². The van der Waals surface area contributed by atoms with E-state index in [0.717, 1.165) is 0 Å². The molecule has 0 spiro atoms. The molecule has 0 bridgehead atoms. The Morgan fingerprint density at radius 1 is 0.906 bits per heavy atom. The fourth-order valence-corrected chi connectivity index (χ4v) is 2.63. The smallest absolute Gasteiger partial charge is 0.329 e. The lowest BCUT2D eigenvalue weighted by atomic mass is 10.2. The zero-order chi connectivity index (χ0) is 22.8. The first-order valence-corrected chi connectivity index (χ1v) is 9.88. The highest BCUT2D eigenvalue weighted by molar-refractivity contribution is 6.39. The minimum Gasteiger partial charge on any atom is -0.494 e. The Labute approximate surface area is 184 Å². The highest BCUT2D eigenvalue weighted by Gasteiger charge is 2.12. The average Bonchev–Trinajstić information content (AvgIpc) is 2.81. The van der Waals surface area contributed by atoms with Gasteiger partial charge < -0.3 is 14.8 Å². The number of ether oxygens (including phenoxy) is 2. The Morgan fingerprint density at radius 3 is 2.25 bits per heavy atom. The second-order valence-electron chi connectivity index (χ2n) is 6.56. The number of rotatable bonds is 8. The Bertz CT molecular complexity index is 1080. The highest BCUT2D eigenvalue weighted by atomic mass is 19.1. The van der Waals surface area contributed by atoms with Crippen molar-refractivity contribution in [3.8, 4) is 11.5 Å². The maximum absolute atomic E-state index is 13.6. The summed E-state index contributed by atoms with van der Waals surface area (Å²) >= 11 is 0. The summed E-state index contributed by atoms with van der Waals surface area (Å²) in [6.07, 6.45) is 1.39. The predicted octanol–water partition coefficient (Wildman–Crippen LogP) is 3.89. The first-order chi connectivity index (χ1) is 15.5. The van der Waals surface area contributed by atoms with Crippen LogP contribution in [0, 0.1) is 5.82 Å². The Hall–Kier alpha value is -4.20. The molecule has 3 aromatic rings. The minimum absolute atomic E-state index is 0.111. The molecule has 2 N–H and O–H groups in total. The van der Waals surface area contributed by atoms with Gasteiger partial charge >= 0.3 is 11.8 Å². The number of nitrogens with one attached hydrogen (secondary N) is 2. The van der Waals surface area contributed by atoms with Gasteiger partial charge in [-0.3, -0.25) is 9.59 Å². The van der Waals surface area contributed by atoms with Crippen LogP contribution in [-0.4, -0.2) is 24.6 Å². The Morgan fingerprint density at radius 2 is 1.56 bits per heavy atom. The molecule has 0 unspecified atom stereocenters. The van der Waals surface area contributed by atoms with Crippen molar-refractivity contribution in [2.75, 3.05) is 11.9 Å². The molecule has 0 radical (unpaired) electrons. The van der Waals surface area contributed by atoms with Crippen molar-refractivity contribution < 1.29 is 23.5 Å². The SMILES string of the molecule is CCOc1ccc(NC(=O)C(=O)N/N=C/c2ccc(OCc3ccccc3F)cc2)cc1. The van der Waals surface area contributed by atoms with Gasteiger partial charge in [0, 0.05) is 11.3 Å². The summed E-state index contributed by atoms with van der Waals surface area (Å²) < 4.78 is 24.5. The molecule has 0 heterocycles. The number of hydrogen-bond acceptors (Lipinski definition) is 5. The predicted molar refractivity (Wildman–Crippen MR) is 119 cm³/mol. The largest absolute Gasteiger partial charge is 0.494 e. The van der Waals surface area contributed by atoms with E-state index in [9.17, 15) is 14.0 Å². The van der Waals surface area contributed by atoms with Crippen LogP contribution in [0.1, 0.15) is 18.1 Å². The lowest BCUT2D eigenvalue weighted by Crippen LogP contribution is -2.32. The van der Waals surface area contributed by atoms with Crippen molar-refractivity contribution in [3.63, 3.8) is 0 Å². The fraction of sp³-hybridized carbons (Fsp3) is 0.125. The van der Waals surface area contributed by atoms with Crippen molar-refractivity contribution >= 4 is 23.7 Å². The van der Waals surface area contributed by atoms with Crippen molar-refractivity contribution in [1.82, 2.24) is 5.43 Å². The molecule has 0 aliphatic rings. The normalized spacial score (nSPS) is 10.6. The third-order valence-electron chi connectivity index (χ3n) is 4.24. The average molecular weight is 435 g/mol. The summed E-state index contributed by atoms with van der Waals surface area (Å²) in [6, 6.07) is 19.9. The van der Waals surface area contributed by atoms with Crippen LogP contribution in [0.3, 0.4) is 0 Å². The van der Waals surface area contributed by atoms with E-state index in [2.05, 4.69) is 15.8 Å². The monoisotopic (exact) mass is 435 g/mol. The summed E-state index contributed by atoms with van der Waals surface area (Å²) in [5.41, 5.74) is 3.77. The van der Waals surface area contributed by atoms with Crippen LogP contribution in [0.5, 0.6) is 11.5 Å². The van der Waals surface area contributed by atoms with Crippen LogP contribution in [0.4, 0.5) is 10.1 Å². The molecule has 32 heavy (non-hydrogen) atoms. The van der Waals surface area contributed by atoms with Gasteiger partial charge in [0.1, 0.15) is 23.9 Å². The molecule has 0 aromatic heterocycles. The van der Waals surface area contributed by atoms with Crippen LogP contribution < -0.4 is 20.2 Å². The molecule has 0 saturated heterocycles.